The number of anilines is 1. The average molecular weight is 487 g/mol. The number of hydrogen-bond acceptors (Lipinski definition) is 6. The first kappa shape index (κ1) is 23.7. The molecule has 1 aliphatic heterocycles. The number of carbonyl (C=O) groups excluding carboxylic acids is 2. The lowest BCUT2D eigenvalue weighted by Crippen LogP contribution is -2.27. The van der Waals surface area contributed by atoms with Crippen LogP contribution >= 0.6 is 0 Å². The molecular weight excluding hydrogens is 460 g/mol. The third-order valence-corrected chi connectivity index (χ3v) is 7.72. The van der Waals surface area contributed by atoms with Crippen LogP contribution in [-0.2, 0) is 32.6 Å². The van der Waals surface area contributed by atoms with Crippen molar-refractivity contribution in [1.82, 2.24) is 14.2 Å². The summed E-state index contributed by atoms with van der Waals surface area (Å²) in [6.07, 6.45) is 1.76. The van der Waals surface area contributed by atoms with Gasteiger partial charge >= 0.3 is 5.76 Å². The number of nitrogens with zero attached hydrogens (tertiary/aromatic N) is 2. The lowest BCUT2D eigenvalue weighted by Gasteiger charge is -2.15. The molecule has 3 aromatic rings. The van der Waals surface area contributed by atoms with Crippen LogP contribution in [0.25, 0.3) is 11.1 Å². The molecule has 2 amide bonds. The van der Waals surface area contributed by atoms with Gasteiger partial charge in [-0.1, -0.05) is 18.2 Å². The first-order valence-corrected chi connectivity index (χ1v) is 12.5. The predicted molar refractivity (Wildman–Crippen MR) is 126 cm³/mol. The molecule has 2 N–H and O–H groups in total. The quantitative estimate of drug-likeness (QED) is 0.498. The summed E-state index contributed by atoms with van der Waals surface area (Å²) in [5, 5.41) is 5.33. The normalized spacial score (nSPS) is 14.4. The molecule has 34 heavy (non-hydrogen) atoms. The van der Waals surface area contributed by atoms with E-state index in [0.717, 1.165) is 12.8 Å². The summed E-state index contributed by atoms with van der Waals surface area (Å²) in [4.78, 5) is 36.7. The largest absolute Gasteiger partial charge is 0.419 e. The smallest absolute Gasteiger partial charge is 0.408 e. The highest BCUT2D eigenvalue weighted by Gasteiger charge is 2.28. The Balaban J connectivity index is 1.48. The SMILES string of the molecule is CNC(=O)Cc1ccccc1NC(=O)CCn1c(=O)oc2cc(S(=O)(=O)N3CCCC3)ccc21. The van der Waals surface area contributed by atoms with Crippen molar-refractivity contribution in [2.75, 3.05) is 25.5 Å². The van der Waals surface area contributed by atoms with E-state index in [-0.39, 0.29) is 41.7 Å². The number of para-hydroxylation sites is 1. The van der Waals surface area contributed by atoms with Crippen LogP contribution in [0.3, 0.4) is 0 Å². The molecule has 0 aliphatic carbocycles. The fourth-order valence-electron chi connectivity index (χ4n) is 3.98. The van der Waals surface area contributed by atoms with E-state index in [1.807, 2.05) is 0 Å². The Kier molecular flexibility index (Phi) is 6.85. The van der Waals surface area contributed by atoms with Crippen LogP contribution in [0, 0.1) is 0 Å². The monoisotopic (exact) mass is 486 g/mol. The maximum absolute atomic E-state index is 12.8. The van der Waals surface area contributed by atoms with Crippen molar-refractivity contribution in [1.29, 1.82) is 0 Å². The maximum atomic E-state index is 12.8. The van der Waals surface area contributed by atoms with E-state index in [1.165, 1.54) is 27.1 Å². The molecule has 1 fully saturated rings. The number of sulfonamides is 1. The van der Waals surface area contributed by atoms with Crippen molar-refractivity contribution < 1.29 is 22.4 Å². The number of nitrogens with one attached hydrogen (secondary N) is 2. The van der Waals surface area contributed by atoms with E-state index in [0.29, 0.717) is 29.9 Å². The molecule has 0 spiro atoms. The molecule has 180 valence electrons. The molecule has 1 aromatic heterocycles. The van der Waals surface area contributed by atoms with Gasteiger partial charge in [-0.2, -0.15) is 4.31 Å². The highest BCUT2D eigenvalue weighted by atomic mass is 32.2. The first-order valence-electron chi connectivity index (χ1n) is 11.0. The first-order chi connectivity index (χ1) is 16.3. The summed E-state index contributed by atoms with van der Waals surface area (Å²) in [6, 6.07) is 11.3. The second-order valence-electron chi connectivity index (χ2n) is 8.07. The van der Waals surface area contributed by atoms with Crippen molar-refractivity contribution in [3.63, 3.8) is 0 Å². The van der Waals surface area contributed by atoms with E-state index >= 15 is 0 Å². The molecule has 0 radical (unpaired) electrons. The number of rotatable bonds is 8. The van der Waals surface area contributed by atoms with E-state index < -0.39 is 15.8 Å². The summed E-state index contributed by atoms with van der Waals surface area (Å²) >= 11 is 0. The van der Waals surface area contributed by atoms with Gasteiger partial charge in [-0.05, 0) is 36.6 Å². The fourth-order valence-corrected chi connectivity index (χ4v) is 5.51. The van der Waals surface area contributed by atoms with E-state index in [9.17, 15) is 22.8 Å². The second kappa shape index (κ2) is 9.82. The standard InChI is InChI=1S/C23H26N4O6S/c1-24-22(29)14-16-6-2-3-7-18(16)25-21(28)10-13-27-19-9-8-17(15-20(19)33-23(27)30)34(31,32)26-11-4-5-12-26/h2-3,6-9,15H,4-5,10-14H2,1H3,(H,24,29)(H,25,28). The Morgan fingerprint density at radius 2 is 1.79 bits per heavy atom. The summed E-state index contributed by atoms with van der Waals surface area (Å²) in [5.74, 6) is -1.18. The molecule has 2 aromatic carbocycles. The number of aryl methyl sites for hydroxylation is 1. The lowest BCUT2D eigenvalue weighted by atomic mass is 10.1. The van der Waals surface area contributed by atoms with Gasteiger partial charge in [-0.15, -0.1) is 0 Å². The van der Waals surface area contributed by atoms with E-state index in [2.05, 4.69) is 10.6 Å². The zero-order valence-electron chi connectivity index (χ0n) is 18.7. The molecule has 0 saturated carbocycles. The van der Waals surface area contributed by atoms with Crippen LogP contribution in [0.1, 0.15) is 24.8 Å². The summed E-state index contributed by atoms with van der Waals surface area (Å²) in [5.41, 5.74) is 1.77. The van der Waals surface area contributed by atoms with Crippen LogP contribution in [-0.4, -0.2) is 49.2 Å². The van der Waals surface area contributed by atoms with Gasteiger partial charge in [0, 0.05) is 44.9 Å². The number of fused-ring (bicyclic) bond motifs is 1. The zero-order valence-corrected chi connectivity index (χ0v) is 19.6. The summed E-state index contributed by atoms with van der Waals surface area (Å²) in [6.45, 7) is 1.01. The highest BCUT2D eigenvalue weighted by molar-refractivity contribution is 7.89. The molecule has 11 heteroatoms. The number of benzene rings is 2. The van der Waals surface area contributed by atoms with Gasteiger partial charge in [0.05, 0.1) is 16.8 Å². The maximum Gasteiger partial charge on any atom is 0.419 e. The topological polar surface area (TPSA) is 131 Å². The minimum Gasteiger partial charge on any atom is -0.408 e. The van der Waals surface area contributed by atoms with Gasteiger partial charge in [0.1, 0.15) is 0 Å². The Morgan fingerprint density at radius 3 is 2.53 bits per heavy atom. The van der Waals surface area contributed by atoms with Crippen LogP contribution in [0.5, 0.6) is 0 Å². The highest BCUT2D eigenvalue weighted by Crippen LogP contribution is 2.24. The molecule has 0 unspecified atom stereocenters. The van der Waals surface area contributed by atoms with Gasteiger partial charge in [-0.25, -0.2) is 13.2 Å². The number of carbonyl (C=O) groups is 2. The molecular formula is C23H26N4O6S. The van der Waals surface area contributed by atoms with Crippen molar-refractivity contribution in [3.8, 4) is 0 Å². The minimum absolute atomic E-state index is 0.0172. The third kappa shape index (κ3) is 4.90. The summed E-state index contributed by atoms with van der Waals surface area (Å²) < 4.78 is 33.6. The second-order valence-corrected chi connectivity index (χ2v) is 10.0. The van der Waals surface area contributed by atoms with E-state index in [4.69, 9.17) is 4.42 Å². The molecule has 0 atom stereocenters. The molecule has 1 saturated heterocycles. The van der Waals surface area contributed by atoms with Crippen LogP contribution in [0.15, 0.2) is 56.6 Å². The van der Waals surface area contributed by atoms with Crippen molar-refractivity contribution in [3.05, 3.63) is 58.6 Å². The molecule has 4 rings (SSSR count). The number of oxazole rings is 1. The predicted octanol–water partition coefficient (Wildman–Crippen LogP) is 1.70. The zero-order chi connectivity index (χ0) is 24.3. The molecule has 1 aliphatic rings. The van der Waals surface area contributed by atoms with E-state index in [1.54, 1.807) is 31.3 Å². The molecule has 10 nitrogen and oxygen atoms in total. The van der Waals surface area contributed by atoms with Gasteiger partial charge in [0.25, 0.3) is 0 Å². The van der Waals surface area contributed by atoms with Crippen molar-refractivity contribution in [2.45, 2.75) is 37.1 Å². The lowest BCUT2D eigenvalue weighted by molar-refractivity contribution is -0.120. The van der Waals surface area contributed by atoms with Gasteiger partial charge < -0.3 is 15.1 Å². The Hall–Kier alpha value is -3.44. The van der Waals surface area contributed by atoms with Crippen LogP contribution < -0.4 is 16.4 Å². The van der Waals surface area contributed by atoms with Gasteiger partial charge in [0.15, 0.2) is 5.58 Å². The summed E-state index contributed by atoms with van der Waals surface area (Å²) in [7, 11) is -2.10. The average Bonchev–Trinajstić information content (AvgIpc) is 3.46. The van der Waals surface area contributed by atoms with Crippen LogP contribution in [0.4, 0.5) is 5.69 Å². The van der Waals surface area contributed by atoms with Crippen LogP contribution in [0.2, 0.25) is 0 Å². The molecule has 2 heterocycles. The Labute approximate surface area is 196 Å². The fraction of sp³-hybridized carbons (Fsp3) is 0.348. The minimum atomic E-state index is -3.64. The number of likely N-dealkylation sites (N-methyl/N-ethyl adjacent to an activating group) is 1. The van der Waals surface area contributed by atoms with Gasteiger partial charge in [-0.3, -0.25) is 14.2 Å². The number of aromatic nitrogens is 1. The van der Waals surface area contributed by atoms with Crippen molar-refractivity contribution >= 4 is 38.6 Å². The Bertz CT molecular complexity index is 1390. The van der Waals surface area contributed by atoms with Crippen molar-refractivity contribution in [2.24, 2.45) is 0 Å². The Morgan fingerprint density at radius 1 is 1.06 bits per heavy atom. The number of amides is 2. The molecule has 0 bridgehead atoms. The third-order valence-electron chi connectivity index (χ3n) is 5.83. The number of hydrogen-bond donors (Lipinski definition) is 2. The van der Waals surface area contributed by atoms with Gasteiger partial charge in [0.2, 0.25) is 21.8 Å².